The van der Waals surface area contributed by atoms with Gasteiger partial charge in [-0.3, -0.25) is 0 Å². The predicted octanol–water partition coefficient (Wildman–Crippen LogP) is 19.2. The molecule has 0 unspecified atom stereocenters. The number of benzene rings is 3. The average molecular weight is 875 g/mol. The van der Waals surface area contributed by atoms with Crippen molar-refractivity contribution < 1.29 is 8.78 Å². The standard InChI is InChI=1S/C34H49F.C28H43F/c1-21-22(2)26(6)33(27(7)23(21)3)34-28(8)24(4)32(25(5)29(34)9)15-11-10-13-30-16-18-31(19-17-30)14-12-20-35;1-19-20(2)22(4)28(23(5)21(19)3)17-12-25-10-15-27(16-11-25)26-13-8-24(9-14-26)7-6-18-29/h12,20,30-31H,10-11,13-19H2,1-9H3;6,18,24-27H,7-17H2,1-5H3/b20-12+;18-6+. The van der Waals surface area contributed by atoms with Gasteiger partial charge in [0.05, 0.1) is 12.7 Å². The second kappa shape index (κ2) is 24.1. The zero-order chi connectivity index (χ0) is 46.8. The highest BCUT2D eigenvalue weighted by atomic mass is 19.1. The minimum absolute atomic E-state index is 0.710. The van der Waals surface area contributed by atoms with E-state index >= 15 is 0 Å². The van der Waals surface area contributed by atoms with Crippen LogP contribution in [0.3, 0.4) is 0 Å². The summed E-state index contributed by atoms with van der Waals surface area (Å²) in [6.07, 6.45) is 31.0. The largest absolute Gasteiger partial charge is 0.216 e. The van der Waals surface area contributed by atoms with Gasteiger partial charge in [-0.25, -0.2) is 8.78 Å². The summed E-state index contributed by atoms with van der Waals surface area (Å²) in [5, 5.41) is 0. The zero-order valence-corrected chi connectivity index (χ0v) is 43.7. The Morgan fingerprint density at radius 2 is 0.625 bits per heavy atom. The van der Waals surface area contributed by atoms with Gasteiger partial charge in [0, 0.05) is 0 Å². The van der Waals surface area contributed by atoms with E-state index in [1.165, 1.54) is 193 Å². The summed E-state index contributed by atoms with van der Waals surface area (Å²) in [5.74, 6) is 5.18. The van der Waals surface area contributed by atoms with E-state index in [4.69, 9.17) is 0 Å². The lowest BCUT2D eigenvalue weighted by atomic mass is 9.68. The quantitative estimate of drug-likeness (QED) is 0.142. The number of hydrogen-bond acceptors (Lipinski definition) is 0. The van der Waals surface area contributed by atoms with Gasteiger partial charge in [0.15, 0.2) is 0 Å². The van der Waals surface area contributed by atoms with E-state index in [2.05, 4.69) is 96.9 Å². The molecule has 0 heterocycles. The monoisotopic (exact) mass is 875 g/mol. The molecule has 354 valence electrons. The van der Waals surface area contributed by atoms with E-state index in [0.717, 1.165) is 55.1 Å². The van der Waals surface area contributed by atoms with Crippen molar-refractivity contribution in [3.05, 3.63) is 114 Å². The second-order valence-corrected chi connectivity index (χ2v) is 21.9. The van der Waals surface area contributed by atoms with Crippen molar-refractivity contribution in [3.8, 4) is 11.1 Å². The van der Waals surface area contributed by atoms with Crippen LogP contribution in [0, 0.1) is 132 Å². The van der Waals surface area contributed by atoms with E-state index in [-0.39, 0.29) is 0 Å². The first-order valence-electron chi connectivity index (χ1n) is 26.2. The minimum Gasteiger partial charge on any atom is -0.216 e. The lowest BCUT2D eigenvalue weighted by Gasteiger charge is -2.38. The average Bonchev–Trinajstić information content (AvgIpc) is 3.31. The maximum absolute atomic E-state index is 12.3. The third-order valence-corrected chi connectivity index (χ3v) is 18.8. The molecule has 0 nitrogen and oxygen atoms in total. The molecular weight excluding hydrogens is 783 g/mol. The van der Waals surface area contributed by atoms with Gasteiger partial charge in [-0.2, -0.15) is 0 Å². The van der Waals surface area contributed by atoms with E-state index in [0.29, 0.717) is 5.92 Å². The van der Waals surface area contributed by atoms with E-state index in [1.807, 2.05) is 0 Å². The van der Waals surface area contributed by atoms with Gasteiger partial charge in [-0.15, -0.1) is 0 Å². The first kappa shape index (κ1) is 52.0. The second-order valence-electron chi connectivity index (χ2n) is 21.9. The number of rotatable bonds is 14. The maximum Gasteiger partial charge on any atom is 0.0827 e. The molecule has 3 aromatic rings. The van der Waals surface area contributed by atoms with Gasteiger partial charge in [-0.1, -0.05) is 50.7 Å². The van der Waals surface area contributed by atoms with Gasteiger partial charge in [-0.05, 0) is 322 Å². The van der Waals surface area contributed by atoms with E-state index in [9.17, 15) is 8.78 Å². The van der Waals surface area contributed by atoms with Crippen LogP contribution in [0.5, 0.6) is 0 Å². The van der Waals surface area contributed by atoms with Crippen molar-refractivity contribution in [2.24, 2.45) is 35.5 Å². The number of halogens is 2. The Bertz CT molecular complexity index is 1980. The molecule has 2 heteroatoms. The summed E-state index contributed by atoms with van der Waals surface area (Å²) in [6, 6.07) is 0. The third-order valence-electron chi connectivity index (χ3n) is 18.8. The van der Waals surface area contributed by atoms with Crippen LogP contribution in [-0.4, -0.2) is 0 Å². The Morgan fingerprint density at radius 1 is 0.328 bits per heavy atom. The molecule has 0 bridgehead atoms. The fourth-order valence-electron chi connectivity index (χ4n) is 13.1. The molecular formula is C62H92F2. The first-order chi connectivity index (χ1) is 30.5. The Labute approximate surface area is 393 Å². The SMILES string of the molecule is Cc1c(C)c(C)c(-c2c(C)c(C)c(CCCCC3CCC(C/C=C/F)CC3)c(C)c2C)c(C)c1C.Cc1c(C)c(C)c(CCC2CCC(C3CCC(C/C=C/F)CC3)CC2)c(C)c1C. The van der Waals surface area contributed by atoms with Gasteiger partial charge >= 0.3 is 0 Å². The van der Waals surface area contributed by atoms with Crippen molar-refractivity contribution >= 4 is 0 Å². The molecule has 0 atom stereocenters. The van der Waals surface area contributed by atoms with Gasteiger partial charge in [0.2, 0.25) is 0 Å². The number of hydrogen-bond donors (Lipinski definition) is 0. The van der Waals surface area contributed by atoms with Crippen LogP contribution in [-0.2, 0) is 12.8 Å². The summed E-state index contributed by atoms with van der Waals surface area (Å²) in [4.78, 5) is 0. The Balaban J connectivity index is 0.000000245. The van der Waals surface area contributed by atoms with Crippen LogP contribution in [0.25, 0.3) is 11.1 Å². The number of allylic oxidation sites excluding steroid dienone is 2. The van der Waals surface area contributed by atoms with Crippen molar-refractivity contribution in [3.63, 3.8) is 0 Å². The Morgan fingerprint density at radius 3 is 1.05 bits per heavy atom. The fourth-order valence-corrected chi connectivity index (χ4v) is 13.1. The number of unbranched alkanes of at least 4 members (excludes halogenated alkanes) is 1. The van der Waals surface area contributed by atoms with Crippen molar-refractivity contribution in [2.45, 2.75) is 225 Å². The molecule has 3 aliphatic carbocycles. The molecule has 0 amide bonds. The summed E-state index contributed by atoms with van der Waals surface area (Å²) in [7, 11) is 0. The van der Waals surface area contributed by atoms with Crippen molar-refractivity contribution in [1.29, 1.82) is 0 Å². The van der Waals surface area contributed by atoms with E-state index < -0.39 is 0 Å². The highest BCUT2D eigenvalue weighted by molar-refractivity contribution is 5.81. The molecule has 0 aromatic heterocycles. The molecule has 3 saturated carbocycles. The van der Waals surface area contributed by atoms with Crippen molar-refractivity contribution in [2.75, 3.05) is 0 Å². The lowest BCUT2D eigenvalue weighted by molar-refractivity contribution is 0.144. The van der Waals surface area contributed by atoms with Crippen LogP contribution >= 0.6 is 0 Å². The van der Waals surface area contributed by atoms with Gasteiger partial charge in [0.1, 0.15) is 0 Å². The maximum atomic E-state index is 12.3. The fraction of sp³-hybridized carbons (Fsp3) is 0.645. The summed E-state index contributed by atoms with van der Waals surface area (Å²) >= 11 is 0. The predicted molar refractivity (Wildman–Crippen MR) is 277 cm³/mol. The summed E-state index contributed by atoms with van der Waals surface area (Å²) in [6.45, 7) is 32.4. The Hall–Kier alpha value is -3.00. The highest BCUT2D eigenvalue weighted by Crippen LogP contribution is 2.44. The van der Waals surface area contributed by atoms with Crippen molar-refractivity contribution in [1.82, 2.24) is 0 Å². The smallest absolute Gasteiger partial charge is 0.0827 e. The minimum atomic E-state index is 0.710. The van der Waals surface area contributed by atoms with Crippen LogP contribution in [0.4, 0.5) is 8.78 Å². The molecule has 3 fully saturated rings. The lowest BCUT2D eigenvalue weighted by Crippen LogP contribution is -2.26. The van der Waals surface area contributed by atoms with Crippen LogP contribution in [0.15, 0.2) is 24.8 Å². The normalized spacial score (nSPS) is 22.9. The molecule has 0 saturated heterocycles. The molecule has 64 heavy (non-hydrogen) atoms. The van der Waals surface area contributed by atoms with Crippen LogP contribution < -0.4 is 0 Å². The molecule has 3 aliphatic rings. The van der Waals surface area contributed by atoms with E-state index in [1.54, 1.807) is 34.4 Å². The topological polar surface area (TPSA) is 0 Å². The molecule has 3 aromatic carbocycles. The first-order valence-corrected chi connectivity index (χ1v) is 26.2. The van der Waals surface area contributed by atoms with Crippen LogP contribution in [0.1, 0.15) is 205 Å². The molecule has 0 spiro atoms. The van der Waals surface area contributed by atoms with Gasteiger partial charge in [0.25, 0.3) is 0 Å². The summed E-state index contributed by atoms with van der Waals surface area (Å²) < 4.78 is 24.5. The molecule has 0 N–H and O–H groups in total. The molecule has 0 aliphatic heterocycles. The summed E-state index contributed by atoms with van der Waals surface area (Å²) in [5.41, 5.74) is 26.9. The third kappa shape index (κ3) is 12.3. The molecule has 6 rings (SSSR count). The van der Waals surface area contributed by atoms with Gasteiger partial charge < -0.3 is 0 Å². The van der Waals surface area contributed by atoms with Crippen LogP contribution in [0.2, 0.25) is 0 Å². The Kier molecular flexibility index (Phi) is 19.6. The molecule has 0 radical (unpaired) electrons. The zero-order valence-electron chi connectivity index (χ0n) is 43.7. The highest BCUT2D eigenvalue weighted by Gasteiger charge is 2.31.